The van der Waals surface area contributed by atoms with E-state index in [0.717, 1.165) is 19.4 Å². The highest BCUT2D eigenvalue weighted by atomic mass is 19.1. The van der Waals surface area contributed by atoms with Gasteiger partial charge in [-0.25, -0.2) is 4.39 Å². The summed E-state index contributed by atoms with van der Waals surface area (Å²) in [6, 6.07) is 4.65. The summed E-state index contributed by atoms with van der Waals surface area (Å²) < 4.78 is 19.4. The van der Waals surface area contributed by atoms with Gasteiger partial charge in [-0.05, 0) is 37.8 Å². The van der Waals surface area contributed by atoms with Gasteiger partial charge in [0, 0.05) is 25.8 Å². The number of ether oxygens (including phenoxy) is 1. The van der Waals surface area contributed by atoms with Crippen LogP contribution in [0, 0.1) is 11.7 Å². The molecule has 1 aliphatic rings. The van der Waals surface area contributed by atoms with Gasteiger partial charge < -0.3 is 9.64 Å². The average Bonchev–Trinajstić information content (AvgIpc) is 2.39. The maximum atomic E-state index is 14.0. The second-order valence-corrected chi connectivity index (χ2v) is 5.16. The second kappa shape index (κ2) is 6.15. The number of carbonyl (C=O) groups excluding carboxylic acids is 1. The minimum absolute atomic E-state index is 0.110. The van der Waals surface area contributed by atoms with Crippen LogP contribution in [-0.2, 0) is 4.74 Å². The number of anilines is 1. The highest BCUT2D eigenvalue weighted by Gasteiger charge is 2.20. The molecular formula is C15H20FNO2. The van der Waals surface area contributed by atoms with Crippen molar-refractivity contribution in [2.45, 2.75) is 19.8 Å². The molecule has 0 radical (unpaired) electrons. The fourth-order valence-corrected chi connectivity index (χ4v) is 2.62. The van der Waals surface area contributed by atoms with Gasteiger partial charge in [-0.1, -0.05) is 6.07 Å². The molecule has 1 saturated heterocycles. The second-order valence-electron chi connectivity index (χ2n) is 5.16. The first-order valence-corrected chi connectivity index (χ1v) is 6.68. The molecule has 1 fully saturated rings. The van der Waals surface area contributed by atoms with Crippen LogP contribution in [-0.4, -0.2) is 32.6 Å². The molecule has 0 saturated carbocycles. The molecule has 4 heteroatoms. The number of hydrogen-bond donors (Lipinski definition) is 0. The Labute approximate surface area is 113 Å². The van der Waals surface area contributed by atoms with Crippen molar-refractivity contribution in [3.63, 3.8) is 0 Å². The molecule has 1 aromatic rings. The summed E-state index contributed by atoms with van der Waals surface area (Å²) in [5.74, 6) is -0.0497. The third-order valence-electron chi connectivity index (χ3n) is 3.53. The zero-order chi connectivity index (χ0) is 13.8. The Morgan fingerprint density at radius 1 is 1.53 bits per heavy atom. The number of nitrogens with zero attached hydrogens (tertiary/aromatic N) is 1. The standard InChI is InChI=1S/C15H20FNO2/c1-11(18)13-6-3-7-14(16)15(13)17(2)9-12-5-4-8-19-10-12/h3,6-7,12H,4-5,8-10H2,1-2H3. The number of ketones is 1. The average molecular weight is 265 g/mol. The summed E-state index contributed by atoms with van der Waals surface area (Å²) >= 11 is 0. The van der Waals surface area contributed by atoms with E-state index in [9.17, 15) is 9.18 Å². The Bertz CT molecular complexity index is 455. The smallest absolute Gasteiger partial charge is 0.161 e. The van der Waals surface area contributed by atoms with E-state index in [4.69, 9.17) is 4.74 Å². The highest BCUT2D eigenvalue weighted by Crippen LogP contribution is 2.26. The molecule has 0 aliphatic carbocycles. The lowest BCUT2D eigenvalue weighted by Crippen LogP contribution is -2.32. The highest BCUT2D eigenvalue weighted by molar-refractivity contribution is 5.99. The SMILES string of the molecule is CC(=O)c1cccc(F)c1N(C)CC1CCCOC1. The Morgan fingerprint density at radius 2 is 2.32 bits per heavy atom. The third-order valence-corrected chi connectivity index (χ3v) is 3.53. The first kappa shape index (κ1) is 14.0. The summed E-state index contributed by atoms with van der Waals surface area (Å²) in [6.07, 6.45) is 2.14. The summed E-state index contributed by atoms with van der Waals surface area (Å²) in [5.41, 5.74) is 0.847. The third kappa shape index (κ3) is 3.32. The Hall–Kier alpha value is -1.42. The van der Waals surface area contributed by atoms with Crippen LogP contribution in [0.25, 0.3) is 0 Å². The Morgan fingerprint density at radius 3 is 2.95 bits per heavy atom. The van der Waals surface area contributed by atoms with Gasteiger partial charge in [0.2, 0.25) is 0 Å². The van der Waals surface area contributed by atoms with Crippen LogP contribution in [0.15, 0.2) is 18.2 Å². The number of carbonyl (C=O) groups is 1. The lowest BCUT2D eigenvalue weighted by molar-refractivity contribution is 0.0576. The Kier molecular flexibility index (Phi) is 4.53. The van der Waals surface area contributed by atoms with Gasteiger partial charge >= 0.3 is 0 Å². The van der Waals surface area contributed by atoms with Gasteiger partial charge in [0.15, 0.2) is 5.78 Å². The molecule has 104 valence electrons. The van der Waals surface area contributed by atoms with Crippen LogP contribution < -0.4 is 4.90 Å². The van der Waals surface area contributed by atoms with Crippen molar-refractivity contribution in [2.75, 3.05) is 31.7 Å². The molecule has 0 bridgehead atoms. The molecule has 3 nitrogen and oxygen atoms in total. The number of rotatable bonds is 4. The van der Waals surface area contributed by atoms with Crippen molar-refractivity contribution in [2.24, 2.45) is 5.92 Å². The van der Waals surface area contributed by atoms with E-state index in [0.29, 0.717) is 30.3 Å². The lowest BCUT2D eigenvalue weighted by atomic mass is 10.0. The van der Waals surface area contributed by atoms with E-state index in [-0.39, 0.29) is 11.6 Å². The van der Waals surface area contributed by atoms with Gasteiger partial charge in [0.05, 0.1) is 12.3 Å². The molecule has 0 N–H and O–H groups in total. The van der Waals surface area contributed by atoms with E-state index in [1.807, 2.05) is 11.9 Å². The predicted octanol–water partition coefficient (Wildman–Crippen LogP) is 2.89. The first-order valence-electron chi connectivity index (χ1n) is 6.68. The van der Waals surface area contributed by atoms with Gasteiger partial charge in [-0.2, -0.15) is 0 Å². The predicted molar refractivity (Wildman–Crippen MR) is 73.2 cm³/mol. The quantitative estimate of drug-likeness (QED) is 0.784. The first-order chi connectivity index (χ1) is 9.09. The van der Waals surface area contributed by atoms with Crippen LogP contribution >= 0.6 is 0 Å². The van der Waals surface area contributed by atoms with Crippen LogP contribution in [0.5, 0.6) is 0 Å². The van der Waals surface area contributed by atoms with Crippen molar-refractivity contribution in [1.29, 1.82) is 0 Å². The van der Waals surface area contributed by atoms with E-state index >= 15 is 0 Å². The molecule has 0 spiro atoms. The van der Waals surface area contributed by atoms with Crippen molar-refractivity contribution < 1.29 is 13.9 Å². The maximum Gasteiger partial charge on any atom is 0.161 e. The maximum absolute atomic E-state index is 14.0. The lowest BCUT2D eigenvalue weighted by Gasteiger charge is -2.29. The molecule has 2 rings (SSSR count). The molecule has 0 aromatic heterocycles. The number of halogens is 1. The Balaban J connectivity index is 2.17. The van der Waals surface area contributed by atoms with Gasteiger partial charge in [-0.3, -0.25) is 4.79 Å². The molecule has 1 heterocycles. The molecular weight excluding hydrogens is 245 g/mol. The van der Waals surface area contributed by atoms with E-state index in [1.165, 1.54) is 13.0 Å². The van der Waals surface area contributed by atoms with Crippen LogP contribution in [0.3, 0.4) is 0 Å². The fraction of sp³-hybridized carbons (Fsp3) is 0.533. The molecule has 1 unspecified atom stereocenters. The number of benzene rings is 1. The number of para-hydroxylation sites is 1. The normalized spacial score (nSPS) is 19.2. The molecule has 0 amide bonds. The molecule has 1 aromatic carbocycles. The van der Waals surface area contributed by atoms with Gasteiger partial charge in [0.1, 0.15) is 5.82 Å². The van der Waals surface area contributed by atoms with Gasteiger partial charge in [0.25, 0.3) is 0 Å². The largest absolute Gasteiger partial charge is 0.381 e. The summed E-state index contributed by atoms with van der Waals surface area (Å²) in [4.78, 5) is 13.4. The molecule has 1 aliphatic heterocycles. The van der Waals surface area contributed by atoms with E-state index in [2.05, 4.69) is 0 Å². The van der Waals surface area contributed by atoms with E-state index in [1.54, 1.807) is 12.1 Å². The van der Waals surface area contributed by atoms with Crippen molar-refractivity contribution in [3.05, 3.63) is 29.6 Å². The zero-order valence-corrected chi connectivity index (χ0v) is 11.5. The van der Waals surface area contributed by atoms with Gasteiger partial charge in [-0.15, -0.1) is 0 Å². The fourth-order valence-electron chi connectivity index (χ4n) is 2.62. The van der Waals surface area contributed by atoms with Crippen LogP contribution in [0.4, 0.5) is 10.1 Å². The molecule has 19 heavy (non-hydrogen) atoms. The minimum atomic E-state index is -0.341. The monoisotopic (exact) mass is 265 g/mol. The topological polar surface area (TPSA) is 29.5 Å². The van der Waals surface area contributed by atoms with Crippen LogP contribution in [0.2, 0.25) is 0 Å². The zero-order valence-electron chi connectivity index (χ0n) is 11.5. The summed E-state index contributed by atoms with van der Waals surface area (Å²) in [7, 11) is 1.83. The number of hydrogen-bond acceptors (Lipinski definition) is 3. The minimum Gasteiger partial charge on any atom is -0.381 e. The van der Waals surface area contributed by atoms with E-state index < -0.39 is 0 Å². The summed E-state index contributed by atoms with van der Waals surface area (Å²) in [5, 5.41) is 0. The number of Topliss-reactive ketones (excluding diaryl/α,β-unsaturated/α-hetero) is 1. The molecule has 1 atom stereocenters. The van der Waals surface area contributed by atoms with Crippen molar-refractivity contribution in [3.8, 4) is 0 Å². The van der Waals surface area contributed by atoms with Crippen LogP contribution in [0.1, 0.15) is 30.1 Å². The summed E-state index contributed by atoms with van der Waals surface area (Å²) in [6.45, 7) is 3.71. The van der Waals surface area contributed by atoms with Crippen molar-refractivity contribution >= 4 is 11.5 Å². The van der Waals surface area contributed by atoms with Crippen molar-refractivity contribution in [1.82, 2.24) is 0 Å².